The van der Waals surface area contributed by atoms with E-state index in [4.69, 9.17) is 11.6 Å². The molecule has 1 aromatic rings. The van der Waals surface area contributed by atoms with Gasteiger partial charge in [0.2, 0.25) is 5.91 Å². The van der Waals surface area contributed by atoms with Crippen LogP contribution in [-0.4, -0.2) is 5.91 Å². The van der Waals surface area contributed by atoms with Gasteiger partial charge in [0.25, 0.3) is 0 Å². The van der Waals surface area contributed by atoms with E-state index in [2.05, 4.69) is 12.2 Å². The van der Waals surface area contributed by atoms with Crippen LogP contribution in [0.25, 0.3) is 0 Å². The number of carbonyl (C=O) groups is 1. The summed E-state index contributed by atoms with van der Waals surface area (Å²) < 4.78 is 0. The van der Waals surface area contributed by atoms with Gasteiger partial charge in [-0.3, -0.25) is 4.79 Å². The zero-order valence-corrected chi connectivity index (χ0v) is 13.4. The molecule has 1 N–H and O–H groups in total. The van der Waals surface area contributed by atoms with E-state index in [1.54, 1.807) is 6.07 Å². The van der Waals surface area contributed by atoms with Crippen LogP contribution in [0.2, 0.25) is 5.02 Å². The molecule has 1 rings (SSSR count). The van der Waals surface area contributed by atoms with Gasteiger partial charge in [-0.25, -0.2) is 0 Å². The van der Waals surface area contributed by atoms with Gasteiger partial charge in [-0.1, -0.05) is 63.1 Å². The molecule has 1 aromatic carbocycles. The van der Waals surface area contributed by atoms with Crippen molar-refractivity contribution >= 4 is 23.2 Å². The third kappa shape index (κ3) is 6.95. The van der Waals surface area contributed by atoms with Crippen molar-refractivity contribution in [3.8, 4) is 0 Å². The first-order valence-electron chi connectivity index (χ1n) is 7.69. The average molecular weight is 296 g/mol. The molecule has 0 bridgehead atoms. The fraction of sp³-hybridized carbons (Fsp3) is 0.588. The molecular formula is C17H26ClNO. The van der Waals surface area contributed by atoms with E-state index in [-0.39, 0.29) is 5.91 Å². The topological polar surface area (TPSA) is 29.1 Å². The lowest BCUT2D eigenvalue weighted by Gasteiger charge is -2.08. The van der Waals surface area contributed by atoms with Gasteiger partial charge in [0.15, 0.2) is 0 Å². The van der Waals surface area contributed by atoms with Gasteiger partial charge in [-0.15, -0.1) is 0 Å². The average Bonchev–Trinajstić information content (AvgIpc) is 2.42. The van der Waals surface area contributed by atoms with Gasteiger partial charge >= 0.3 is 0 Å². The maximum absolute atomic E-state index is 11.9. The van der Waals surface area contributed by atoms with E-state index in [9.17, 15) is 4.79 Å². The molecule has 20 heavy (non-hydrogen) atoms. The highest BCUT2D eigenvalue weighted by Gasteiger charge is 2.05. The Balaban J connectivity index is 2.19. The largest absolute Gasteiger partial charge is 0.326 e. The van der Waals surface area contributed by atoms with Gasteiger partial charge in [-0.05, 0) is 31.0 Å². The Kier molecular flexibility index (Phi) is 8.36. The van der Waals surface area contributed by atoms with Crippen molar-refractivity contribution in [1.29, 1.82) is 0 Å². The van der Waals surface area contributed by atoms with Crippen LogP contribution in [0, 0.1) is 6.92 Å². The Labute approximate surface area is 127 Å². The number of amides is 1. The number of aryl methyl sites for hydroxylation is 1. The highest BCUT2D eigenvalue weighted by atomic mass is 35.5. The third-order valence-corrected chi connectivity index (χ3v) is 3.72. The molecule has 0 atom stereocenters. The standard InChI is InChI=1S/C17H26ClNO/c1-3-4-5-6-7-8-9-10-17(20)19-16-13-15(18)12-11-14(16)2/h11-13H,3-10H2,1-2H3,(H,19,20). The molecule has 0 fully saturated rings. The van der Waals surface area contributed by atoms with E-state index in [0.717, 1.165) is 24.1 Å². The molecule has 0 aliphatic rings. The van der Waals surface area contributed by atoms with Crippen LogP contribution in [0.3, 0.4) is 0 Å². The van der Waals surface area contributed by atoms with Crippen molar-refractivity contribution in [3.05, 3.63) is 28.8 Å². The molecule has 0 spiro atoms. The van der Waals surface area contributed by atoms with E-state index in [1.165, 1.54) is 32.1 Å². The van der Waals surface area contributed by atoms with E-state index in [0.29, 0.717) is 11.4 Å². The first-order chi connectivity index (χ1) is 9.63. The van der Waals surface area contributed by atoms with Crippen LogP contribution in [0.4, 0.5) is 5.69 Å². The summed E-state index contributed by atoms with van der Waals surface area (Å²) in [4.78, 5) is 11.9. The summed E-state index contributed by atoms with van der Waals surface area (Å²) in [5, 5.41) is 3.59. The van der Waals surface area contributed by atoms with Gasteiger partial charge in [0.1, 0.15) is 0 Å². The van der Waals surface area contributed by atoms with Crippen LogP contribution in [0.5, 0.6) is 0 Å². The van der Waals surface area contributed by atoms with Crippen LogP contribution in [0.15, 0.2) is 18.2 Å². The Morgan fingerprint density at radius 3 is 2.45 bits per heavy atom. The van der Waals surface area contributed by atoms with Crippen molar-refractivity contribution in [2.75, 3.05) is 5.32 Å². The molecule has 1 amide bonds. The molecule has 0 aliphatic carbocycles. The van der Waals surface area contributed by atoms with E-state index in [1.807, 2.05) is 19.1 Å². The Bertz CT molecular complexity index is 417. The Morgan fingerprint density at radius 1 is 1.10 bits per heavy atom. The summed E-state index contributed by atoms with van der Waals surface area (Å²) in [5.74, 6) is 0.0870. The smallest absolute Gasteiger partial charge is 0.224 e. The Hall–Kier alpha value is -1.02. The summed E-state index contributed by atoms with van der Waals surface area (Å²) in [6, 6.07) is 5.56. The molecule has 3 heteroatoms. The number of unbranched alkanes of at least 4 members (excludes halogenated alkanes) is 6. The molecular weight excluding hydrogens is 270 g/mol. The zero-order valence-electron chi connectivity index (χ0n) is 12.7. The number of anilines is 1. The first-order valence-corrected chi connectivity index (χ1v) is 8.07. The van der Waals surface area contributed by atoms with Gasteiger partial charge in [-0.2, -0.15) is 0 Å². The SMILES string of the molecule is CCCCCCCCCC(=O)Nc1cc(Cl)ccc1C. The highest BCUT2D eigenvalue weighted by Crippen LogP contribution is 2.20. The van der Waals surface area contributed by atoms with Crippen LogP contribution in [-0.2, 0) is 4.79 Å². The second-order valence-corrected chi connectivity index (χ2v) is 5.82. The number of benzene rings is 1. The van der Waals surface area contributed by atoms with Crippen LogP contribution < -0.4 is 5.32 Å². The lowest BCUT2D eigenvalue weighted by Crippen LogP contribution is -2.12. The first kappa shape index (κ1) is 17.0. The van der Waals surface area contributed by atoms with Gasteiger partial charge < -0.3 is 5.32 Å². The fourth-order valence-electron chi connectivity index (χ4n) is 2.18. The molecule has 0 aliphatic heterocycles. The number of hydrogen-bond acceptors (Lipinski definition) is 1. The number of hydrogen-bond donors (Lipinski definition) is 1. The van der Waals surface area contributed by atoms with E-state index >= 15 is 0 Å². The molecule has 112 valence electrons. The number of rotatable bonds is 9. The molecule has 0 aromatic heterocycles. The molecule has 0 saturated carbocycles. The lowest BCUT2D eigenvalue weighted by atomic mass is 10.1. The van der Waals surface area contributed by atoms with Gasteiger partial charge in [0, 0.05) is 17.1 Å². The highest BCUT2D eigenvalue weighted by molar-refractivity contribution is 6.31. The third-order valence-electron chi connectivity index (χ3n) is 3.48. The maximum atomic E-state index is 11.9. The number of carbonyl (C=O) groups excluding carboxylic acids is 1. The monoisotopic (exact) mass is 295 g/mol. The second kappa shape index (κ2) is 9.82. The Morgan fingerprint density at radius 2 is 1.75 bits per heavy atom. The molecule has 0 unspecified atom stereocenters. The van der Waals surface area contributed by atoms with Crippen LogP contribution >= 0.6 is 11.6 Å². The molecule has 0 heterocycles. The summed E-state index contributed by atoms with van der Waals surface area (Å²) in [7, 11) is 0. The predicted molar refractivity (Wildman–Crippen MR) is 87.4 cm³/mol. The zero-order chi connectivity index (χ0) is 14.8. The minimum absolute atomic E-state index is 0.0870. The second-order valence-electron chi connectivity index (χ2n) is 5.38. The minimum Gasteiger partial charge on any atom is -0.326 e. The number of nitrogens with one attached hydrogen (secondary N) is 1. The quantitative estimate of drug-likeness (QED) is 0.579. The van der Waals surface area contributed by atoms with Crippen LogP contribution in [0.1, 0.15) is 63.9 Å². The van der Waals surface area contributed by atoms with Crippen molar-refractivity contribution < 1.29 is 4.79 Å². The summed E-state index contributed by atoms with van der Waals surface area (Å²) in [6.45, 7) is 4.20. The fourth-order valence-corrected chi connectivity index (χ4v) is 2.36. The van der Waals surface area contributed by atoms with Crippen molar-refractivity contribution in [1.82, 2.24) is 0 Å². The van der Waals surface area contributed by atoms with Crippen molar-refractivity contribution in [3.63, 3.8) is 0 Å². The maximum Gasteiger partial charge on any atom is 0.224 e. The number of halogens is 1. The predicted octanol–water partition coefficient (Wildman–Crippen LogP) is 5.73. The minimum atomic E-state index is 0.0870. The normalized spacial score (nSPS) is 10.6. The van der Waals surface area contributed by atoms with Crippen molar-refractivity contribution in [2.24, 2.45) is 0 Å². The van der Waals surface area contributed by atoms with Gasteiger partial charge in [0.05, 0.1) is 0 Å². The summed E-state index contributed by atoms with van der Waals surface area (Å²) in [6.07, 6.45) is 9.18. The molecule has 2 nitrogen and oxygen atoms in total. The summed E-state index contributed by atoms with van der Waals surface area (Å²) in [5.41, 5.74) is 1.87. The lowest BCUT2D eigenvalue weighted by molar-refractivity contribution is -0.116. The molecule has 0 radical (unpaired) electrons. The molecule has 0 saturated heterocycles. The van der Waals surface area contributed by atoms with E-state index < -0.39 is 0 Å². The summed E-state index contributed by atoms with van der Waals surface area (Å²) >= 11 is 5.94. The van der Waals surface area contributed by atoms with Crippen molar-refractivity contribution in [2.45, 2.75) is 65.2 Å².